The standard InChI is InChI=1S/C19H23ClN4O/c1-14-5-6-16(20)12-17(14)23-19(25)22-13-15-7-8-21-18(11-15)24-9-3-2-4-10-24/h5-8,11-12H,2-4,9-10,13H2,1H3,(H2,22,23,25). The molecule has 1 aromatic carbocycles. The van der Waals surface area contributed by atoms with Gasteiger partial charge in [0.2, 0.25) is 0 Å². The number of nitrogens with one attached hydrogen (secondary N) is 2. The lowest BCUT2D eigenvalue weighted by molar-refractivity contribution is 0.251. The monoisotopic (exact) mass is 358 g/mol. The van der Waals surface area contributed by atoms with Crippen molar-refractivity contribution in [1.29, 1.82) is 0 Å². The highest BCUT2D eigenvalue weighted by Crippen LogP contribution is 2.20. The summed E-state index contributed by atoms with van der Waals surface area (Å²) in [4.78, 5) is 18.9. The van der Waals surface area contributed by atoms with E-state index in [0.717, 1.165) is 30.0 Å². The normalized spacial score (nSPS) is 14.2. The average molecular weight is 359 g/mol. The van der Waals surface area contributed by atoms with Gasteiger partial charge in [0.1, 0.15) is 5.82 Å². The molecule has 1 saturated heterocycles. The van der Waals surface area contributed by atoms with Crippen molar-refractivity contribution >= 4 is 29.1 Å². The predicted molar refractivity (Wildman–Crippen MR) is 102 cm³/mol. The van der Waals surface area contributed by atoms with Crippen molar-refractivity contribution in [3.8, 4) is 0 Å². The highest BCUT2D eigenvalue weighted by Gasteiger charge is 2.12. The molecular weight excluding hydrogens is 336 g/mol. The van der Waals surface area contributed by atoms with Crippen LogP contribution in [0.1, 0.15) is 30.4 Å². The number of rotatable bonds is 4. The Balaban J connectivity index is 1.57. The molecule has 2 heterocycles. The number of amides is 2. The molecule has 25 heavy (non-hydrogen) atoms. The van der Waals surface area contributed by atoms with Gasteiger partial charge in [-0.15, -0.1) is 0 Å². The third kappa shape index (κ3) is 4.86. The molecule has 1 aliphatic heterocycles. The van der Waals surface area contributed by atoms with E-state index in [4.69, 9.17) is 11.6 Å². The number of halogens is 1. The molecule has 2 aromatic rings. The lowest BCUT2D eigenvalue weighted by Crippen LogP contribution is -2.31. The van der Waals surface area contributed by atoms with Gasteiger partial charge in [-0.2, -0.15) is 0 Å². The zero-order valence-corrected chi connectivity index (χ0v) is 15.1. The summed E-state index contributed by atoms with van der Waals surface area (Å²) >= 11 is 5.98. The quantitative estimate of drug-likeness (QED) is 0.854. The second kappa shape index (κ2) is 8.21. The second-order valence-electron chi connectivity index (χ2n) is 6.34. The van der Waals surface area contributed by atoms with Crippen LogP contribution in [0.25, 0.3) is 0 Å². The van der Waals surface area contributed by atoms with Crippen molar-refractivity contribution in [2.75, 3.05) is 23.3 Å². The molecule has 5 nitrogen and oxygen atoms in total. The predicted octanol–water partition coefficient (Wildman–Crippen LogP) is 4.36. The van der Waals surface area contributed by atoms with Crippen LogP contribution in [-0.2, 0) is 6.54 Å². The zero-order chi connectivity index (χ0) is 17.6. The van der Waals surface area contributed by atoms with E-state index in [0.29, 0.717) is 17.3 Å². The van der Waals surface area contributed by atoms with E-state index >= 15 is 0 Å². The van der Waals surface area contributed by atoms with Crippen LogP contribution >= 0.6 is 11.6 Å². The fourth-order valence-electron chi connectivity index (χ4n) is 2.94. The van der Waals surface area contributed by atoms with E-state index in [1.54, 1.807) is 18.3 Å². The molecule has 6 heteroatoms. The number of aromatic nitrogens is 1. The minimum absolute atomic E-state index is 0.248. The van der Waals surface area contributed by atoms with Crippen molar-refractivity contribution in [3.63, 3.8) is 0 Å². The Morgan fingerprint density at radius 2 is 2.00 bits per heavy atom. The van der Waals surface area contributed by atoms with E-state index in [1.165, 1.54) is 19.3 Å². The van der Waals surface area contributed by atoms with Gasteiger partial charge in [-0.05, 0) is 61.6 Å². The van der Waals surface area contributed by atoms with Crippen molar-refractivity contribution in [1.82, 2.24) is 10.3 Å². The second-order valence-corrected chi connectivity index (χ2v) is 6.77. The lowest BCUT2D eigenvalue weighted by Gasteiger charge is -2.27. The van der Waals surface area contributed by atoms with Gasteiger partial charge in [0.25, 0.3) is 0 Å². The molecular formula is C19H23ClN4O. The molecule has 0 unspecified atom stereocenters. The maximum absolute atomic E-state index is 12.1. The summed E-state index contributed by atoms with van der Waals surface area (Å²) in [6, 6.07) is 9.17. The Morgan fingerprint density at radius 3 is 2.80 bits per heavy atom. The first-order valence-electron chi connectivity index (χ1n) is 8.63. The van der Waals surface area contributed by atoms with E-state index in [9.17, 15) is 4.79 Å². The Kier molecular flexibility index (Phi) is 5.76. The summed E-state index contributed by atoms with van der Waals surface area (Å²) in [5.41, 5.74) is 2.72. The largest absolute Gasteiger partial charge is 0.357 e. The number of benzene rings is 1. The molecule has 0 aliphatic carbocycles. The van der Waals surface area contributed by atoms with Crippen LogP contribution in [0.3, 0.4) is 0 Å². The van der Waals surface area contributed by atoms with Crippen molar-refractivity contribution in [2.24, 2.45) is 0 Å². The molecule has 132 valence electrons. The molecule has 0 bridgehead atoms. The van der Waals surface area contributed by atoms with Crippen LogP contribution in [0.15, 0.2) is 36.5 Å². The van der Waals surface area contributed by atoms with Gasteiger partial charge in [0, 0.05) is 36.5 Å². The Hall–Kier alpha value is -2.27. The number of anilines is 2. The highest BCUT2D eigenvalue weighted by atomic mass is 35.5. The summed E-state index contributed by atoms with van der Waals surface area (Å²) in [7, 11) is 0. The van der Waals surface area contributed by atoms with Crippen LogP contribution in [-0.4, -0.2) is 24.1 Å². The van der Waals surface area contributed by atoms with E-state index in [2.05, 4.69) is 26.6 Å². The number of pyridine rings is 1. The molecule has 2 amide bonds. The Labute approximate surface area is 153 Å². The minimum Gasteiger partial charge on any atom is -0.357 e. The number of piperidine rings is 1. The van der Waals surface area contributed by atoms with Crippen LogP contribution in [0.2, 0.25) is 5.02 Å². The van der Waals surface area contributed by atoms with Crippen LogP contribution < -0.4 is 15.5 Å². The first-order valence-corrected chi connectivity index (χ1v) is 9.00. The van der Waals surface area contributed by atoms with E-state index < -0.39 is 0 Å². The van der Waals surface area contributed by atoms with E-state index in [1.807, 2.05) is 19.1 Å². The molecule has 0 atom stereocenters. The average Bonchev–Trinajstić information content (AvgIpc) is 2.64. The van der Waals surface area contributed by atoms with Gasteiger partial charge in [0.15, 0.2) is 0 Å². The number of nitrogens with zero attached hydrogens (tertiary/aromatic N) is 2. The van der Waals surface area contributed by atoms with Crippen LogP contribution in [0, 0.1) is 6.92 Å². The maximum Gasteiger partial charge on any atom is 0.319 e. The van der Waals surface area contributed by atoms with Gasteiger partial charge in [-0.25, -0.2) is 9.78 Å². The molecule has 3 rings (SSSR count). The molecule has 2 N–H and O–H groups in total. The van der Waals surface area contributed by atoms with Gasteiger partial charge in [-0.1, -0.05) is 17.7 Å². The number of aryl methyl sites for hydroxylation is 1. The van der Waals surface area contributed by atoms with Crippen molar-refractivity contribution < 1.29 is 4.79 Å². The van der Waals surface area contributed by atoms with Gasteiger partial charge in [-0.3, -0.25) is 0 Å². The third-order valence-corrected chi connectivity index (χ3v) is 4.63. The van der Waals surface area contributed by atoms with E-state index in [-0.39, 0.29) is 6.03 Å². The molecule has 0 spiro atoms. The van der Waals surface area contributed by atoms with Gasteiger partial charge >= 0.3 is 6.03 Å². The first-order chi connectivity index (χ1) is 12.1. The van der Waals surface area contributed by atoms with Crippen molar-refractivity contribution in [3.05, 3.63) is 52.7 Å². The Morgan fingerprint density at radius 1 is 1.20 bits per heavy atom. The molecule has 0 radical (unpaired) electrons. The van der Waals surface area contributed by atoms with Gasteiger partial charge in [0.05, 0.1) is 0 Å². The summed E-state index contributed by atoms with van der Waals surface area (Å²) < 4.78 is 0. The summed E-state index contributed by atoms with van der Waals surface area (Å²) in [5, 5.41) is 6.32. The number of hydrogen-bond acceptors (Lipinski definition) is 3. The fourth-order valence-corrected chi connectivity index (χ4v) is 3.12. The first kappa shape index (κ1) is 17.5. The smallest absolute Gasteiger partial charge is 0.319 e. The molecule has 1 aliphatic rings. The molecule has 1 fully saturated rings. The zero-order valence-electron chi connectivity index (χ0n) is 14.4. The number of carbonyl (C=O) groups is 1. The summed E-state index contributed by atoms with van der Waals surface area (Å²) in [6.45, 7) is 4.49. The molecule has 0 saturated carbocycles. The number of urea groups is 1. The molecule has 1 aromatic heterocycles. The summed E-state index contributed by atoms with van der Waals surface area (Å²) in [5.74, 6) is 0.991. The number of carbonyl (C=O) groups excluding carboxylic acids is 1. The number of hydrogen-bond donors (Lipinski definition) is 2. The van der Waals surface area contributed by atoms with Gasteiger partial charge < -0.3 is 15.5 Å². The lowest BCUT2D eigenvalue weighted by atomic mass is 10.1. The van der Waals surface area contributed by atoms with Crippen LogP contribution in [0.4, 0.5) is 16.3 Å². The summed E-state index contributed by atoms with van der Waals surface area (Å²) in [6.07, 6.45) is 5.53. The Bertz CT molecular complexity index is 744. The van der Waals surface area contributed by atoms with Crippen molar-refractivity contribution in [2.45, 2.75) is 32.7 Å². The topological polar surface area (TPSA) is 57.3 Å². The van der Waals surface area contributed by atoms with Crippen LogP contribution in [0.5, 0.6) is 0 Å². The highest BCUT2D eigenvalue weighted by molar-refractivity contribution is 6.31. The SMILES string of the molecule is Cc1ccc(Cl)cc1NC(=O)NCc1ccnc(N2CCCCC2)c1. The maximum atomic E-state index is 12.1. The third-order valence-electron chi connectivity index (χ3n) is 4.39. The minimum atomic E-state index is -0.248. The fraction of sp³-hybridized carbons (Fsp3) is 0.368.